The van der Waals surface area contributed by atoms with Crippen LogP contribution in [0.15, 0.2) is 260 Å². The molecule has 12 nitrogen and oxygen atoms in total. The summed E-state index contributed by atoms with van der Waals surface area (Å²) in [7, 11) is 8.48. The van der Waals surface area contributed by atoms with Gasteiger partial charge in [0.2, 0.25) is 45.5 Å². The van der Waals surface area contributed by atoms with Crippen molar-refractivity contribution in [1.29, 1.82) is 0 Å². The maximum absolute atomic E-state index is 7.91. The maximum atomic E-state index is 7.91. The van der Waals surface area contributed by atoms with Gasteiger partial charge in [-0.3, -0.25) is 0 Å². The van der Waals surface area contributed by atoms with E-state index in [4.69, 9.17) is 44.0 Å². The van der Waals surface area contributed by atoms with Crippen molar-refractivity contribution in [2.24, 2.45) is 34.1 Å². The lowest BCUT2D eigenvalue weighted by Gasteiger charge is -2.11. The van der Waals surface area contributed by atoms with Crippen LogP contribution in [0, 0.1) is 122 Å². The predicted octanol–water partition coefficient (Wildman–Crippen LogP) is 32.6. The Balaban J connectivity index is 0.000000125. The van der Waals surface area contributed by atoms with Gasteiger partial charge in [-0.1, -0.05) is 236 Å². The summed E-state index contributed by atoms with van der Waals surface area (Å²) < 4.78 is 35.9. The van der Waals surface area contributed by atoms with Crippen molar-refractivity contribution >= 4 is 111 Å². The fourth-order valence-corrected chi connectivity index (χ4v) is 20.1. The SMILES string of the molecule is [C-]#[N+]c1c(C)cc2c(oc3c(-c4cc(C(C)C)cc(C)[n+]4C)c(C)ccc32)c1-c1ccccc1.[C-]#[N+]c1c(C)cc2c(oc3c(-c4cc(C)cc(C)[n+]4C)c(C)ccc32)c1-c1ccccc1.[C-]#[N+]c1c(C)cc2c(oc3c(-c4cc(CC(C)C)cc(C)[n+]4C)c(C)ccc32)c1-c1ccccc1.[C-]#[N+]c1c(C)cc2c(oc3c(-c4ccc(C(C)C)c(C)[n+]4C)c(C)ccc32)c1-c1ccccc1. The summed E-state index contributed by atoms with van der Waals surface area (Å²) in [5.41, 5.74) is 44.5. The minimum absolute atomic E-state index is 0.433. The van der Waals surface area contributed by atoms with E-state index in [1.165, 1.54) is 67.3 Å². The Morgan fingerprint density at radius 3 is 0.852 bits per heavy atom. The quantitative estimate of drug-likeness (QED) is 0.0901. The molecule has 135 heavy (non-hydrogen) atoms. The van der Waals surface area contributed by atoms with Crippen molar-refractivity contribution in [1.82, 2.24) is 0 Å². The van der Waals surface area contributed by atoms with Crippen molar-refractivity contribution in [3.8, 4) is 89.5 Å². The third kappa shape index (κ3) is 16.3. The van der Waals surface area contributed by atoms with E-state index in [2.05, 4.69) is 327 Å². The molecule has 12 aromatic carbocycles. The predicted molar refractivity (Wildman–Crippen MR) is 556 cm³/mol. The van der Waals surface area contributed by atoms with Gasteiger partial charge in [0.1, 0.15) is 72.9 Å². The molecule has 20 rings (SSSR count). The minimum atomic E-state index is 0.433. The molecule has 8 aromatic heterocycles. The van der Waals surface area contributed by atoms with Crippen LogP contribution in [0.5, 0.6) is 0 Å². The molecule has 0 aliphatic carbocycles. The number of rotatable bonds is 12. The first-order valence-electron chi connectivity index (χ1n) is 46.5. The van der Waals surface area contributed by atoms with Gasteiger partial charge in [0.25, 0.3) is 0 Å². The summed E-state index contributed by atoms with van der Waals surface area (Å²) in [5, 5.41) is 8.55. The van der Waals surface area contributed by atoms with Gasteiger partial charge in [-0.25, -0.2) is 19.4 Å². The highest BCUT2D eigenvalue weighted by Gasteiger charge is 2.33. The summed E-state index contributed by atoms with van der Waals surface area (Å²) in [6, 6.07) is 84.3. The summed E-state index contributed by atoms with van der Waals surface area (Å²) >= 11 is 0. The summed E-state index contributed by atoms with van der Waals surface area (Å²) in [4.78, 5) is 15.6. The van der Waals surface area contributed by atoms with Gasteiger partial charge in [-0.2, -0.15) is 18.3 Å². The summed E-state index contributed by atoms with van der Waals surface area (Å²) in [6.07, 6.45) is 1.04. The Morgan fingerprint density at radius 1 is 0.259 bits per heavy atom. The number of fused-ring (bicyclic) bond motifs is 12. The molecule has 20 aromatic rings. The molecule has 8 heterocycles. The van der Waals surface area contributed by atoms with Gasteiger partial charge < -0.3 is 17.7 Å². The van der Waals surface area contributed by atoms with Gasteiger partial charge in [0.05, 0.1) is 48.5 Å². The van der Waals surface area contributed by atoms with Gasteiger partial charge in [-0.15, -0.1) is 0 Å². The van der Waals surface area contributed by atoms with Crippen LogP contribution >= 0.6 is 0 Å². The van der Waals surface area contributed by atoms with E-state index in [-0.39, 0.29) is 0 Å². The second-order valence-electron chi connectivity index (χ2n) is 37.7. The zero-order valence-electron chi connectivity index (χ0n) is 81.7. The first-order chi connectivity index (χ1) is 64.8. The normalized spacial score (nSPS) is 11.4. The molecular formula is C123H114N8O4+4. The standard InChI is InChI=1S/C32H31N2O.2C31H29N2O.C29H25N2O/c1-19(2)15-23-17-22(5)34(7)27(18-23)28-20(3)13-14-25-26-16-21(4)30(33-6)29(32(26)35-31(25)28)24-11-9-8-10-12-24;1-18(2)23-16-21(5)33(7)26(17-23)27-19(3)13-14-24-25-15-20(4)29(32-6)28(31(25)34-30(24)27)22-11-9-8-10-12-22;1-18(2)23-15-16-26(33(7)21(23)5)27-19(3)13-14-24-25-17-20(4)29(32-6)28(31(25)34-30(24)27)22-11-9-8-10-12-22;1-17-14-20(4)31(6)24(15-17)25-18(2)12-13-22-23-16-19(3)27(30-5)26(29(23)32-28(22)25)21-10-8-7-9-11-21/h8-14,16-19H,15H2,1-5,7H3;2*8-18H,1-5,7H3;7-16H,1-4,6H3/q4*+1. The molecule has 0 aliphatic heterocycles. The lowest BCUT2D eigenvalue weighted by atomic mass is 9.94. The fourth-order valence-electron chi connectivity index (χ4n) is 20.1. The number of aromatic nitrogens is 4. The van der Waals surface area contributed by atoms with E-state index in [1.807, 2.05) is 113 Å². The van der Waals surface area contributed by atoms with Crippen LogP contribution in [0.4, 0.5) is 22.7 Å². The second-order valence-corrected chi connectivity index (χ2v) is 37.7. The van der Waals surface area contributed by atoms with Crippen LogP contribution in [0.1, 0.15) is 143 Å². The number of benzene rings is 12. The molecule has 0 saturated carbocycles. The molecule has 0 bridgehead atoms. The van der Waals surface area contributed by atoms with Gasteiger partial charge in [0.15, 0.2) is 22.8 Å². The smallest absolute Gasteiger partial charge is 0.216 e. The molecule has 0 aliphatic rings. The highest BCUT2D eigenvalue weighted by Crippen LogP contribution is 2.52. The third-order valence-electron chi connectivity index (χ3n) is 27.4. The molecular weight excluding hydrogens is 1650 g/mol. The largest absolute Gasteiger partial charge is 0.456 e. The average Bonchev–Trinajstić information content (AvgIpc) is 1.54. The third-order valence-corrected chi connectivity index (χ3v) is 27.4. The Morgan fingerprint density at radius 2 is 0.548 bits per heavy atom. The van der Waals surface area contributed by atoms with Crippen LogP contribution in [-0.4, -0.2) is 0 Å². The maximum Gasteiger partial charge on any atom is 0.216 e. The van der Waals surface area contributed by atoms with Crippen molar-refractivity contribution in [2.75, 3.05) is 0 Å². The van der Waals surface area contributed by atoms with Crippen LogP contribution in [0.25, 0.3) is 197 Å². The molecule has 0 N–H and O–H groups in total. The molecule has 0 radical (unpaired) electrons. The zero-order valence-corrected chi connectivity index (χ0v) is 81.7. The Hall–Kier alpha value is -15.6. The summed E-state index contributed by atoms with van der Waals surface area (Å²) in [6.45, 7) is 72.4. The van der Waals surface area contributed by atoms with Crippen molar-refractivity contribution < 1.29 is 35.9 Å². The summed E-state index contributed by atoms with van der Waals surface area (Å²) in [5.74, 6) is 1.48. The lowest BCUT2D eigenvalue weighted by Crippen LogP contribution is -2.36. The van der Waals surface area contributed by atoms with Gasteiger partial charge in [-0.05, 0) is 176 Å². The molecule has 0 saturated heterocycles. The molecule has 0 amide bonds. The van der Waals surface area contributed by atoms with E-state index < -0.39 is 0 Å². The first-order valence-corrected chi connectivity index (χ1v) is 46.5. The topological polar surface area (TPSA) is 85.5 Å². The molecule has 0 spiro atoms. The minimum Gasteiger partial charge on any atom is -0.456 e. The van der Waals surface area contributed by atoms with Crippen molar-refractivity contribution in [3.05, 3.63) is 378 Å². The Labute approximate surface area is 792 Å². The monoisotopic (exact) mass is 1770 g/mol. The fraction of sp³-hybridized carbons (Fsp3) is 0.220. The van der Waals surface area contributed by atoms with Crippen LogP contribution in [0.3, 0.4) is 0 Å². The number of hydrogen-bond donors (Lipinski definition) is 0. The Kier molecular flexibility index (Phi) is 24.9. The molecule has 0 unspecified atom stereocenters. The Bertz CT molecular complexity index is 8400. The zero-order chi connectivity index (χ0) is 95.7. The molecule has 0 fully saturated rings. The number of aryl methyl sites for hydroxylation is 12. The highest BCUT2D eigenvalue weighted by molar-refractivity contribution is 6.20. The second kappa shape index (κ2) is 36.9. The molecule has 666 valence electrons. The molecule has 0 atom stereocenters. The average molecular weight is 1770 g/mol. The van der Waals surface area contributed by atoms with E-state index in [1.54, 1.807) is 0 Å². The first kappa shape index (κ1) is 91.3. The number of furan rings is 4. The number of pyridine rings is 4. The van der Waals surface area contributed by atoms with E-state index in [0.29, 0.717) is 40.5 Å². The van der Waals surface area contributed by atoms with E-state index >= 15 is 0 Å². The number of hydrogen-bond acceptors (Lipinski definition) is 4. The molecule has 12 heteroatoms. The van der Waals surface area contributed by atoms with Crippen LogP contribution in [-0.2, 0) is 34.6 Å². The number of nitrogens with zero attached hydrogens (tertiary/aromatic N) is 8. The van der Waals surface area contributed by atoms with E-state index in [0.717, 1.165) is 206 Å². The van der Waals surface area contributed by atoms with Gasteiger partial charge >= 0.3 is 0 Å². The van der Waals surface area contributed by atoms with E-state index in [9.17, 15) is 0 Å². The van der Waals surface area contributed by atoms with Crippen molar-refractivity contribution in [3.63, 3.8) is 0 Å². The lowest BCUT2D eigenvalue weighted by molar-refractivity contribution is -0.667. The van der Waals surface area contributed by atoms with Crippen LogP contribution < -0.4 is 18.3 Å². The van der Waals surface area contributed by atoms with Crippen LogP contribution in [0.2, 0.25) is 0 Å². The van der Waals surface area contributed by atoms with Crippen molar-refractivity contribution in [2.45, 2.75) is 150 Å². The van der Waals surface area contributed by atoms with Gasteiger partial charge in [0, 0.05) is 141 Å². The highest BCUT2D eigenvalue weighted by atomic mass is 16.3.